The Morgan fingerprint density at radius 3 is 1.57 bits per heavy atom. The molecule has 2 aromatic heterocycles. The van der Waals surface area contributed by atoms with Crippen molar-refractivity contribution in [3.63, 3.8) is 0 Å². The molecule has 0 amide bonds. The van der Waals surface area contributed by atoms with Crippen LogP contribution in [0.4, 0.5) is 0 Å². The van der Waals surface area contributed by atoms with Crippen LogP contribution in [0.25, 0.3) is 77.2 Å². The molecule has 0 atom stereocenters. The molecule has 2 nitrogen and oxygen atoms in total. The molecule has 0 fully saturated rings. The van der Waals surface area contributed by atoms with E-state index in [-0.39, 0.29) is 5.41 Å². The largest absolute Gasteiger partial charge is 0.309 e. The number of benzene rings is 7. The molecule has 0 saturated heterocycles. The summed E-state index contributed by atoms with van der Waals surface area (Å²) in [6.07, 6.45) is 0. The van der Waals surface area contributed by atoms with Crippen molar-refractivity contribution in [3.8, 4) is 33.6 Å². The fraction of sp³-hybridized carbons (Fsp3) is 0.0667. The van der Waals surface area contributed by atoms with Crippen LogP contribution < -0.4 is 0 Å². The van der Waals surface area contributed by atoms with Gasteiger partial charge in [0.2, 0.25) is 0 Å². The second-order valence-corrected chi connectivity index (χ2v) is 13.4. The summed E-state index contributed by atoms with van der Waals surface area (Å²) >= 11 is 0. The normalized spacial score (nSPS) is 13.5. The summed E-state index contributed by atoms with van der Waals surface area (Å²) in [7, 11) is 0. The van der Waals surface area contributed by atoms with E-state index < -0.39 is 0 Å². The number of hydrogen-bond donors (Lipinski definition) is 0. The van der Waals surface area contributed by atoms with Crippen molar-refractivity contribution in [1.29, 1.82) is 0 Å². The highest BCUT2D eigenvalue weighted by Crippen LogP contribution is 2.50. The van der Waals surface area contributed by atoms with E-state index in [1.807, 2.05) is 0 Å². The number of nitrogens with zero attached hydrogens (tertiary/aromatic N) is 2. The molecule has 222 valence electrons. The predicted molar refractivity (Wildman–Crippen MR) is 198 cm³/mol. The van der Waals surface area contributed by atoms with E-state index in [0.717, 1.165) is 0 Å². The first-order valence-corrected chi connectivity index (χ1v) is 16.5. The van der Waals surface area contributed by atoms with Gasteiger partial charge in [-0.05, 0) is 81.9 Å². The minimum atomic E-state index is -0.0581. The molecular weight excluding hydrogens is 569 g/mol. The number of hydrogen-bond acceptors (Lipinski definition) is 0. The van der Waals surface area contributed by atoms with Gasteiger partial charge in [-0.1, -0.05) is 123 Å². The van der Waals surface area contributed by atoms with Gasteiger partial charge in [0.25, 0.3) is 0 Å². The maximum Gasteiger partial charge on any atom is 0.0548 e. The van der Waals surface area contributed by atoms with Gasteiger partial charge in [0.15, 0.2) is 0 Å². The van der Waals surface area contributed by atoms with Crippen LogP contribution in [-0.4, -0.2) is 9.13 Å². The Hall–Kier alpha value is -5.86. The summed E-state index contributed by atoms with van der Waals surface area (Å²) in [5.41, 5.74) is 15.2. The second-order valence-electron chi connectivity index (χ2n) is 13.4. The number of fused-ring (bicyclic) bond motifs is 10. The highest BCUT2D eigenvalue weighted by atomic mass is 15.0. The minimum absolute atomic E-state index is 0.0581. The van der Waals surface area contributed by atoms with Gasteiger partial charge < -0.3 is 9.13 Å². The summed E-state index contributed by atoms with van der Waals surface area (Å²) in [4.78, 5) is 0. The molecule has 0 radical (unpaired) electrons. The van der Waals surface area contributed by atoms with E-state index in [2.05, 4.69) is 181 Å². The monoisotopic (exact) mass is 600 g/mol. The quantitative estimate of drug-likeness (QED) is 0.191. The van der Waals surface area contributed by atoms with E-state index in [0.29, 0.717) is 0 Å². The molecule has 0 saturated carbocycles. The van der Waals surface area contributed by atoms with Crippen molar-refractivity contribution in [2.24, 2.45) is 0 Å². The number of para-hydroxylation sites is 2. The van der Waals surface area contributed by atoms with Gasteiger partial charge in [-0.3, -0.25) is 0 Å². The van der Waals surface area contributed by atoms with Crippen LogP contribution >= 0.6 is 0 Å². The van der Waals surface area contributed by atoms with Gasteiger partial charge in [0.05, 0.1) is 22.1 Å². The number of aromatic nitrogens is 2. The SMILES string of the molecule is CC1(C)c2ccccc2-c2ccc(-n3c4ccccc4c4c5c6ccccc6n(-c6ccc(-c7ccccc7)cc6)c5ccc43)cc21. The van der Waals surface area contributed by atoms with E-state index in [9.17, 15) is 0 Å². The fourth-order valence-electron chi connectivity index (χ4n) is 8.34. The Bertz CT molecular complexity index is 2680. The van der Waals surface area contributed by atoms with Gasteiger partial charge in [-0.2, -0.15) is 0 Å². The van der Waals surface area contributed by atoms with Crippen molar-refractivity contribution in [3.05, 3.63) is 169 Å². The Balaban J connectivity index is 1.24. The Morgan fingerprint density at radius 1 is 0.383 bits per heavy atom. The van der Waals surface area contributed by atoms with E-state index in [1.165, 1.54) is 88.4 Å². The summed E-state index contributed by atoms with van der Waals surface area (Å²) in [6, 6.07) is 58.0. The third-order valence-corrected chi connectivity index (χ3v) is 10.5. The second kappa shape index (κ2) is 9.57. The molecule has 0 N–H and O–H groups in total. The first-order chi connectivity index (χ1) is 23.1. The first-order valence-electron chi connectivity index (χ1n) is 16.5. The molecule has 0 unspecified atom stereocenters. The summed E-state index contributed by atoms with van der Waals surface area (Å²) in [6.45, 7) is 4.72. The Labute approximate surface area is 273 Å². The molecule has 0 spiro atoms. The van der Waals surface area contributed by atoms with Crippen LogP contribution in [0.1, 0.15) is 25.0 Å². The molecule has 1 aliphatic carbocycles. The van der Waals surface area contributed by atoms with Crippen LogP contribution in [0.5, 0.6) is 0 Å². The zero-order valence-corrected chi connectivity index (χ0v) is 26.4. The third kappa shape index (κ3) is 3.61. The molecule has 2 heterocycles. The van der Waals surface area contributed by atoms with E-state index >= 15 is 0 Å². The maximum atomic E-state index is 2.48. The Kier molecular flexibility index (Phi) is 5.37. The molecule has 0 aliphatic heterocycles. The zero-order valence-electron chi connectivity index (χ0n) is 26.4. The van der Waals surface area contributed by atoms with Crippen molar-refractivity contribution in [1.82, 2.24) is 9.13 Å². The molecule has 1 aliphatic rings. The van der Waals surface area contributed by atoms with Crippen molar-refractivity contribution < 1.29 is 0 Å². The van der Waals surface area contributed by atoms with Crippen LogP contribution in [0.2, 0.25) is 0 Å². The van der Waals surface area contributed by atoms with E-state index in [4.69, 9.17) is 0 Å². The highest BCUT2D eigenvalue weighted by molar-refractivity contribution is 6.28. The zero-order chi connectivity index (χ0) is 31.3. The van der Waals surface area contributed by atoms with E-state index in [1.54, 1.807) is 0 Å². The van der Waals surface area contributed by atoms with Crippen LogP contribution in [-0.2, 0) is 5.41 Å². The summed E-state index contributed by atoms with van der Waals surface area (Å²) in [5.74, 6) is 0. The lowest BCUT2D eigenvalue weighted by Gasteiger charge is -2.22. The smallest absolute Gasteiger partial charge is 0.0548 e. The predicted octanol–water partition coefficient (Wildman–Crippen LogP) is 11.9. The van der Waals surface area contributed by atoms with Crippen LogP contribution in [0, 0.1) is 0 Å². The average Bonchev–Trinajstić information content (AvgIpc) is 3.72. The van der Waals surface area contributed by atoms with Gasteiger partial charge in [0.1, 0.15) is 0 Å². The molecule has 10 rings (SSSR count). The van der Waals surface area contributed by atoms with Crippen molar-refractivity contribution in [2.75, 3.05) is 0 Å². The lowest BCUT2D eigenvalue weighted by molar-refractivity contribution is 0.660. The molecule has 2 heteroatoms. The average molecular weight is 601 g/mol. The van der Waals surface area contributed by atoms with Crippen LogP contribution in [0.3, 0.4) is 0 Å². The van der Waals surface area contributed by atoms with Gasteiger partial charge in [-0.15, -0.1) is 0 Å². The molecule has 9 aromatic rings. The lowest BCUT2D eigenvalue weighted by Crippen LogP contribution is -2.15. The molecule has 7 aromatic carbocycles. The fourth-order valence-corrected chi connectivity index (χ4v) is 8.34. The topological polar surface area (TPSA) is 9.86 Å². The number of rotatable bonds is 3. The Morgan fingerprint density at radius 2 is 0.894 bits per heavy atom. The third-order valence-electron chi connectivity index (χ3n) is 10.5. The van der Waals surface area contributed by atoms with Gasteiger partial charge >= 0.3 is 0 Å². The molecule has 0 bridgehead atoms. The van der Waals surface area contributed by atoms with Crippen LogP contribution in [0.15, 0.2) is 158 Å². The standard InChI is InChI=1S/C45H32N2/c1-45(2)37-17-9-6-14-33(37)34-25-24-32(28-38(34)45)47-40-19-11-8-16-36(40)44-42(47)27-26-41-43(44)35-15-7-10-18-39(35)46(41)31-22-20-30(21-23-31)29-12-4-3-5-13-29/h3-28H,1-2H3. The lowest BCUT2D eigenvalue weighted by atomic mass is 9.82. The summed E-state index contributed by atoms with van der Waals surface area (Å²) < 4.78 is 4.91. The minimum Gasteiger partial charge on any atom is -0.309 e. The van der Waals surface area contributed by atoms with Gasteiger partial charge in [0, 0.05) is 38.3 Å². The summed E-state index contributed by atoms with van der Waals surface area (Å²) in [5, 5.41) is 5.15. The highest BCUT2D eigenvalue weighted by Gasteiger charge is 2.35. The van der Waals surface area contributed by atoms with Gasteiger partial charge in [-0.25, -0.2) is 0 Å². The first kappa shape index (κ1) is 26.4. The van der Waals surface area contributed by atoms with Crippen molar-refractivity contribution >= 4 is 43.6 Å². The molecular formula is C45H32N2. The molecule has 47 heavy (non-hydrogen) atoms. The maximum absolute atomic E-state index is 2.48. The van der Waals surface area contributed by atoms with Crippen molar-refractivity contribution in [2.45, 2.75) is 19.3 Å².